The Bertz CT molecular complexity index is 1220. The van der Waals surface area contributed by atoms with Crippen molar-refractivity contribution >= 4 is 33.4 Å². The maximum atomic E-state index is 13.4. The van der Waals surface area contributed by atoms with Crippen LogP contribution in [0.5, 0.6) is 0 Å². The second-order valence-corrected chi connectivity index (χ2v) is 8.27. The first kappa shape index (κ1) is 22.5. The zero-order chi connectivity index (χ0) is 22.8. The Balaban J connectivity index is 2.03. The fraction of sp³-hybridized carbons (Fsp3) is 0.238. The van der Waals surface area contributed by atoms with Crippen LogP contribution in [-0.4, -0.2) is 27.6 Å². The van der Waals surface area contributed by atoms with Crippen LogP contribution < -0.4 is 10.7 Å². The van der Waals surface area contributed by atoms with Gasteiger partial charge in [0.25, 0.3) is 0 Å². The Hall–Kier alpha value is -3.14. The summed E-state index contributed by atoms with van der Waals surface area (Å²) in [5.41, 5.74) is -1.36. The maximum absolute atomic E-state index is 13.4. The van der Waals surface area contributed by atoms with E-state index in [0.29, 0.717) is 5.69 Å². The van der Waals surface area contributed by atoms with Crippen LogP contribution in [0.2, 0.25) is 0 Å². The summed E-state index contributed by atoms with van der Waals surface area (Å²) in [6.45, 7) is 1.70. The molecule has 0 radical (unpaired) electrons. The first-order chi connectivity index (χ1) is 14.6. The maximum Gasteiger partial charge on any atom is 0.416 e. The number of aromatic carboxylic acids is 1. The molecule has 6 nitrogen and oxygen atoms in total. The van der Waals surface area contributed by atoms with Crippen molar-refractivity contribution in [1.82, 2.24) is 0 Å². The number of rotatable bonds is 7. The normalized spacial score (nSPS) is 12.6. The molecule has 2 aromatic carbocycles. The molecule has 0 aliphatic rings. The molecule has 164 valence electrons. The number of nitrogens with one attached hydrogen (secondary N) is 1. The number of halogens is 3. The van der Waals surface area contributed by atoms with Crippen LogP contribution in [0.25, 0.3) is 11.0 Å². The molecular formula is C21H18F3NO5S. The van der Waals surface area contributed by atoms with Gasteiger partial charge in [0.1, 0.15) is 5.58 Å². The van der Waals surface area contributed by atoms with Gasteiger partial charge in [0.2, 0.25) is 0 Å². The van der Waals surface area contributed by atoms with E-state index in [1.54, 1.807) is 19.1 Å². The Morgan fingerprint density at radius 2 is 1.90 bits per heavy atom. The van der Waals surface area contributed by atoms with Crippen LogP contribution in [0.1, 0.15) is 28.4 Å². The number of benzene rings is 2. The van der Waals surface area contributed by atoms with E-state index in [-0.39, 0.29) is 45.9 Å². The number of fused-ring (bicyclic) bond motifs is 1. The Kier molecular flexibility index (Phi) is 6.49. The van der Waals surface area contributed by atoms with E-state index in [4.69, 9.17) is 4.42 Å². The van der Waals surface area contributed by atoms with Gasteiger partial charge in [0.15, 0.2) is 10.5 Å². The fourth-order valence-electron chi connectivity index (χ4n) is 3.07. The number of para-hydroxylation sites is 1. The van der Waals surface area contributed by atoms with Gasteiger partial charge in [0, 0.05) is 24.1 Å². The van der Waals surface area contributed by atoms with Gasteiger partial charge >= 0.3 is 12.1 Å². The molecule has 1 heterocycles. The van der Waals surface area contributed by atoms with Gasteiger partial charge in [-0.2, -0.15) is 13.2 Å². The molecule has 0 saturated heterocycles. The molecule has 3 rings (SSSR count). The van der Waals surface area contributed by atoms with Gasteiger partial charge in [-0.1, -0.05) is 19.1 Å². The van der Waals surface area contributed by atoms with Crippen molar-refractivity contribution in [2.75, 3.05) is 17.6 Å². The van der Waals surface area contributed by atoms with Crippen molar-refractivity contribution in [3.63, 3.8) is 0 Å². The predicted octanol–water partition coefficient (Wildman–Crippen LogP) is 4.29. The summed E-state index contributed by atoms with van der Waals surface area (Å²) in [5, 5.41) is 11.8. The summed E-state index contributed by atoms with van der Waals surface area (Å²) >= 11 is 0. The third-order valence-corrected chi connectivity index (χ3v) is 5.74. The third-order valence-electron chi connectivity index (χ3n) is 4.56. The second kappa shape index (κ2) is 8.93. The number of alkyl halides is 3. The van der Waals surface area contributed by atoms with Crippen LogP contribution >= 0.6 is 0 Å². The molecule has 0 unspecified atom stereocenters. The van der Waals surface area contributed by atoms with Crippen molar-refractivity contribution in [3.8, 4) is 0 Å². The van der Waals surface area contributed by atoms with E-state index in [0.717, 1.165) is 18.2 Å². The molecule has 0 bridgehead atoms. The van der Waals surface area contributed by atoms with E-state index >= 15 is 0 Å². The van der Waals surface area contributed by atoms with Crippen molar-refractivity contribution in [3.05, 3.63) is 69.4 Å². The molecule has 0 saturated carbocycles. The van der Waals surface area contributed by atoms with E-state index in [9.17, 15) is 32.1 Å². The quantitative estimate of drug-likeness (QED) is 0.554. The van der Waals surface area contributed by atoms with E-state index in [2.05, 4.69) is 5.32 Å². The summed E-state index contributed by atoms with van der Waals surface area (Å²) in [4.78, 5) is 23.7. The Labute approximate surface area is 177 Å². The van der Waals surface area contributed by atoms with Gasteiger partial charge in [-0.3, -0.25) is 9.00 Å². The number of carboxylic acid groups (broad SMARTS) is 1. The first-order valence-electron chi connectivity index (χ1n) is 9.24. The van der Waals surface area contributed by atoms with Gasteiger partial charge in [-0.05, 0) is 36.2 Å². The van der Waals surface area contributed by atoms with Gasteiger partial charge in [0.05, 0.1) is 27.3 Å². The summed E-state index contributed by atoms with van der Waals surface area (Å²) in [7, 11) is -1.60. The minimum atomic E-state index is -4.68. The lowest BCUT2D eigenvalue weighted by atomic mass is 10.0. The van der Waals surface area contributed by atoms with Gasteiger partial charge < -0.3 is 14.8 Å². The Morgan fingerprint density at radius 3 is 2.55 bits per heavy atom. The average Bonchev–Trinajstić information content (AvgIpc) is 2.72. The van der Waals surface area contributed by atoms with Gasteiger partial charge in [-0.25, -0.2) is 4.79 Å². The molecule has 0 aliphatic carbocycles. The molecule has 2 N–H and O–H groups in total. The summed E-state index contributed by atoms with van der Waals surface area (Å²) in [5.74, 6) is -0.969. The monoisotopic (exact) mass is 453 g/mol. The zero-order valence-electron chi connectivity index (χ0n) is 16.3. The highest BCUT2D eigenvalue weighted by atomic mass is 32.2. The predicted molar refractivity (Wildman–Crippen MR) is 110 cm³/mol. The minimum Gasteiger partial charge on any atom is -0.478 e. The topological polar surface area (TPSA) is 96.6 Å². The van der Waals surface area contributed by atoms with Crippen molar-refractivity contribution in [1.29, 1.82) is 0 Å². The van der Waals surface area contributed by atoms with Gasteiger partial charge in [-0.15, -0.1) is 0 Å². The lowest BCUT2D eigenvalue weighted by Crippen LogP contribution is -2.13. The number of carboxylic acids is 1. The molecule has 1 atom stereocenters. The molecule has 10 heteroatoms. The molecule has 0 fully saturated rings. The van der Waals surface area contributed by atoms with Crippen LogP contribution in [0.3, 0.4) is 0 Å². The number of hydrogen-bond donors (Lipinski definition) is 2. The third kappa shape index (κ3) is 4.96. The highest BCUT2D eigenvalue weighted by Gasteiger charge is 2.32. The van der Waals surface area contributed by atoms with Crippen LogP contribution in [0, 0.1) is 0 Å². The molecule has 3 aromatic rings. The van der Waals surface area contributed by atoms with Crippen molar-refractivity contribution in [2.45, 2.75) is 24.6 Å². The van der Waals surface area contributed by atoms with E-state index < -0.39 is 33.9 Å². The summed E-state index contributed by atoms with van der Waals surface area (Å²) in [6, 6.07) is 8.67. The number of hydrogen-bond acceptors (Lipinski definition) is 5. The number of anilines is 1. The van der Waals surface area contributed by atoms with E-state index in [1.807, 2.05) is 0 Å². The summed E-state index contributed by atoms with van der Waals surface area (Å²) in [6.07, 6.45) is -4.68. The largest absolute Gasteiger partial charge is 0.478 e. The molecule has 0 amide bonds. The smallest absolute Gasteiger partial charge is 0.416 e. The van der Waals surface area contributed by atoms with Crippen LogP contribution in [0.4, 0.5) is 18.9 Å². The van der Waals surface area contributed by atoms with Crippen LogP contribution in [0.15, 0.2) is 56.8 Å². The molecule has 1 aromatic heterocycles. The standard InChI is InChI=1S/C21H18F3NO5S/c1-2-31(29)18-11-17(26)15-10-13(21(22,23)24)9-12(19(15)30-18)7-8-25-16-6-4-3-5-14(16)20(27)28/h3-6,9-11,25H,2,7-8H2,1H3,(H,27,28)/t31-/m0/s1. The first-order valence-corrected chi connectivity index (χ1v) is 10.6. The Morgan fingerprint density at radius 1 is 1.19 bits per heavy atom. The minimum absolute atomic E-state index is 0.000470. The summed E-state index contributed by atoms with van der Waals surface area (Å²) < 4.78 is 57.7. The molecular weight excluding hydrogens is 435 g/mol. The lowest BCUT2D eigenvalue weighted by molar-refractivity contribution is -0.137. The highest BCUT2D eigenvalue weighted by Crippen LogP contribution is 2.33. The fourth-order valence-corrected chi connectivity index (χ4v) is 3.77. The van der Waals surface area contributed by atoms with E-state index in [1.165, 1.54) is 12.1 Å². The number of carbonyl (C=O) groups is 1. The molecule has 0 aliphatic heterocycles. The van der Waals surface area contributed by atoms with Crippen molar-refractivity contribution in [2.24, 2.45) is 0 Å². The van der Waals surface area contributed by atoms with Crippen LogP contribution in [-0.2, 0) is 23.4 Å². The lowest BCUT2D eigenvalue weighted by Gasteiger charge is -2.14. The molecule has 31 heavy (non-hydrogen) atoms. The highest BCUT2D eigenvalue weighted by molar-refractivity contribution is 7.84. The second-order valence-electron chi connectivity index (χ2n) is 6.60. The van der Waals surface area contributed by atoms with Crippen molar-refractivity contribution < 1.29 is 31.7 Å². The average molecular weight is 453 g/mol. The zero-order valence-corrected chi connectivity index (χ0v) is 17.1. The molecule has 0 spiro atoms. The SMILES string of the molecule is CC[S@](=O)c1cc(=O)c2cc(C(F)(F)F)cc(CCNc3ccccc3C(=O)O)c2o1.